The minimum absolute atomic E-state index is 0.0273. The van der Waals surface area contributed by atoms with Gasteiger partial charge in [0.15, 0.2) is 16.6 Å². The van der Waals surface area contributed by atoms with E-state index >= 15 is 0 Å². The van der Waals surface area contributed by atoms with Gasteiger partial charge in [-0.1, -0.05) is 18.6 Å². The Labute approximate surface area is 170 Å². The maximum absolute atomic E-state index is 12.2. The lowest BCUT2D eigenvalue weighted by atomic mass is 10.1. The smallest absolute Gasteiger partial charge is 0.226 e. The van der Waals surface area contributed by atoms with Crippen LogP contribution in [0.4, 0.5) is 5.13 Å². The van der Waals surface area contributed by atoms with Gasteiger partial charge in [-0.2, -0.15) is 0 Å². The summed E-state index contributed by atoms with van der Waals surface area (Å²) in [5.74, 6) is 1.42. The Balaban J connectivity index is 1.37. The molecule has 1 fully saturated rings. The molecule has 0 spiro atoms. The Morgan fingerprint density at radius 1 is 1.18 bits per heavy atom. The molecule has 0 unspecified atom stereocenters. The van der Waals surface area contributed by atoms with Gasteiger partial charge in [-0.05, 0) is 51.4 Å². The van der Waals surface area contributed by atoms with E-state index in [4.69, 9.17) is 9.47 Å². The fraction of sp³-hybridized carbons (Fsp3) is 0.524. The van der Waals surface area contributed by atoms with Crippen LogP contribution in [0.2, 0.25) is 0 Å². The molecule has 7 heteroatoms. The van der Waals surface area contributed by atoms with E-state index in [0.717, 1.165) is 31.1 Å². The third-order valence-electron chi connectivity index (χ3n) is 4.59. The summed E-state index contributed by atoms with van der Waals surface area (Å²) in [6.07, 6.45) is 4.90. The first-order valence-corrected chi connectivity index (χ1v) is 10.9. The molecule has 1 aromatic carbocycles. The zero-order valence-electron chi connectivity index (χ0n) is 16.5. The molecular weight excluding hydrogens is 374 g/mol. The van der Waals surface area contributed by atoms with Crippen molar-refractivity contribution in [1.82, 2.24) is 9.88 Å². The number of para-hydroxylation sites is 2. The Morgan fingerprint density at radius 3 is 2.68 bits per heavy atom. The van der Waals surface area contributed by atoms with Crippen molar-refractivity contribution in [1.29, 1.82) is 0 Å². The van der Waals surface area contributed by atoms with Crippen molar-refractivity contribution < 1.29 is 14.3 Å². The molecule has 0 radical (unpaired) electrons. The van der Waals surface area contributed by atoms with Crippen LogP contribution in [0.5, 0.6) is 11.5 Å². The molecule has 6 nitrogen and oxygen atoms in total. The van der Waals surface area contributed by atoms with Gasteiger partial charge in [0.25, 0.3) is 0 Å². The number of likely N-dealkylation sites (tertiary alicyclic amines) is 1. The van der Waals surface area contributed by atoms with Gasteiger partial charge in [-0.25, -0.2) is 4.98 Å². The summed E-state index contributed by atoms with van der Waals surface area (Å²) in [6.45, 7) is 6.17. The molecule has 152 valence electrons. The maximum atomic E-state index is 12.2. The highest BCUT2D eigenvalue weighted by molar-refractivity contribution is 7.13. The summed E-state index contributed by atoms with van der Waals surface area (Å²) >= 11 is 1.49. The lowest BCUT2D eigenvalue weighted by Gasteiger charge is -2.25. The molecule has 0 saturated carbocycles. The number of carbonyl (C=O) groups is 1. The summed E-state index contributed by atoms with van der Waals surface area (Å²) in [5.41, 5.74) is 1.04. The lowest BCUT2D eigenvalue weighted by Crippen LogP contribution is -2.29. The third-order valence-corrected chi connectivity index (χ3v) is 5.39. The lowest BCUT2D eigenvalue weighted by molar-refractivity contribution is -0.116. The fourth-order valence-corrected chi connectivity index (χ4v) is 3.94. The third kappa shape index (κ3) is 6.49. The topological polar surface area (TPSA) is 63.7 Å². The molecule has 2 heterocycles. The van der Waals surface area contributed by atoms with Gasteiger partial charge in [-0.15, -0.1) is 11.3 Å². The van der Waals surface area contributed by atoms with E-state index in [2.05, 4.69) is 15.2 Å². The molecule has 1 amide bonds. The van der Waals surface area contributed by atoms with Gasteiger partial charge in [-0.3, -0.25) is 9.69 Å². The van der Waals surface area contributed by atoms with Crippen molar-refractivity contribution in [3.05, 3.63) is 35.3 Å². The summed E-state index contributed by atoms with van der Waals surface area (Å²) in [7, 11) is 0. The van der Waals surface area contributed by atoms with Crippen LogP contribution in [0.1, 0.15) is 44.7 Å². The van der Waals surface area contributed by atoms with Crippen LogP contribution in [0, 0.1) is 0 Å². The summed E-state index contributed by atoms with van der Waals surface area (Å²) in [4.78, 5) is 19.1. The number of nitrogens with zero attached hydrogens (tertiary/aromatic N) is 2. The Hall–Kier alpha value is -2.12. The van der Waals surface area contributed by atoms with E-state index in [1.807, 2.05) is 36.6 Å². The first-order valence-electron chi connectivity index (χ1n) is 10.1. The normalized spacial score (nSPS) is 14.6. The standard InChI is InChI=1S/C21H29N3O3S/c1-2-26-18-9-4-5-10-19(18)27-14-8-11-20(25)23-21-22-17(16-28-21)15-24-12-6-3-7-13-24/h4-5,9-10,16H,2-3,6-8,11-15H2,1H3,(H,22,23,25). The molecule has 1 N–H and O–H groups in total. The number of hydrogen-bond donors (Lipinski definition) is 1. The monoisotopic (exact) mass is 403 g/mol. The van der Waals surface area contributed by atoms with E-state index in [1.165, 1.54) is 30.6 Å². The van der Waals surface area contributed by atoms with Gasteiger partial charge < -0.3 is 14.8 Å². The Morgan fingerprint density at radius 2 is 1.93 bits per heavy atom. The van der Waals surface area contributed by atoms with Crippen LogP contribution in [0.25, 0.3) is 0 Å². The molecule has 2 aromatic rings. The number of anilines is 1. The predicted octanol–water partition coefficient (Wildman–Crippen LogP) is 4.33. The van der Waals surface area contributed by atoms with Crippen molar-refractivity contribution in [2.24, 2.45) is 0 Å². The zero-order chi connectivity index (χ0) is 19.6. The highest BCUT2D eigenvalue weighted by Gasteiger charge is 2.13. The first-order chi connectivity index (χ1) is 13.7. The maximum Gasteiger partial charge on any atom is 0.226 e. The fourth-order valence-electron chi connectivity index (χ4n) is 3.22. The minimum atomic E-state index is -0.0273. The van der Waals surface area contributed by atoms with Gasteiger partial charge >= 0.3 is 0 Å². The number of carbonyl (C=O) groups excluding carboxylic acids is 1. The Kier molecular flexibility index (Phi) is 8.11. The zero-order valence-corrected chi connectivity index (χ0v) is 17.3. The SMILES string of the molecule is CCOc1ccccc1OCCCC(=O)Nc1nc(CN2CCCCC2)cs1. The number of benzene rings is 1. The molecule has 1 saturated heterocycles. The average Bonchev–Trinajstić information content (AvgIpc) is 3.14. The Bertz CT molecular complexity index is 744. The molecule has 0 bridgehead atoms. The number of rotatable bonds is 10. The number of nitrogens with one attached hydrogen (secondary N) is 1. The van der Waals surface area contributed by atoms with E-state index in [9.17, 15) is 4.79 Å². The van der Waals surface area contributed by atoms with Crippen LogP contribution in [-0.4, -0.2) is 42.1 Å². The summed E-state index contributed by atoms with van der Waals surface area (Å²) in [5, 5.41) is 5.62. The second-order valence-electron chi connectivity index (χ2n) is 6.86. The number of ether oxygens (including phenoxy) is 2. The number of hydrogen-bond acceptors (Lipinski definition) is 6. The number of aromatic nitrogens is 1. The quantitative estimate of drug-likeness (QED) is 0.599. The highest BCUT2D eigenvalue weighted by atomic mass is 32.1. The van der Waals surface area contributed by atoms with Crippen LogP contribution in [0.3, 0.4) is 0 Å². The van der Waals surface area contributed by atoms with Crippen molar-refractivity contribution in [2.75, 3.05) is 31.6 Å². The second-order valence-corrected chi connectivity index (χ2v) is 7.72. The van der Waals surface area contributed by atoms with Gasteiger partial charge in [0.2, 0.25) is 5.91 Å². The molecule has 3 rings (SSSR count). The van der Waals surface area contributed by atoms with E-state index in [1.54, 1.807) is 0 Å². The largest absolute Gasteiger partial charge is 0.490 e. The number of amides is 1. The van der Waals surface area contributed by atoms with Gasteiger partial charge in [0.1, 0.15) is 0 Å². The number of piperidine rings is 1. The first kappa shape index (κ1) is 20.6. The minimum Gasteiger partial charge on any atom is -0.490 e. The van der Waals surface area contributed by atoms with Gasteiger partial charge in [0.05, 0.1) is 18.9 Å². The summed E-state index contributed by atoms with van der Waals surface area (Å²) in [6, 6.07) is 7.59. The van der Waals surface area contributed by atoms with Crippen LogP contribution in [0.15, 0.2) is 29.6 Å². The molecule has 1 aliphatic heterocycles. The van der Waals surface area contributed by atoms with Crippen molar-refractivity contribution >= 4 is 22.4 Å². The molecule has 1 aliphatic rings. The molecule has 28 heavy (non-hydrogen) atoms. The molecular formula is C21H29N3O3S. The highest BCUT2D eigenvalue weighted by Crippen LogP contribution is 2.26. The molecule has 1 aromatic heterocycles. The van der Waals surface area contributed by atoms with Crippen LogP contribution in [-0.2, 0) is 11.3 Å². The van der Waals surface area contributed by atoms with Crippen molar-refractivity contribution in [3.8, 4) is 11.5 Å². The average molecular weight is 404 g/mol. The van der Waals surface area contributed by atoms with E-state index in [-0.39, 0.29) is 5.91 Å². The van der Waals surface area contributed by atoms with Crippen LogP contribution >= 0.6 is 11.3 Å². The van der Waals surface area contributed by atoms with Crippen molar-refractivity contribution in [3.63, 3.8) is 0 Å². The van der Waals surface area contributed by atoms with E-state index < -0.39 is 0 Å². The van der Waals surface area contributed by atoms with E-state index in [0.29, 0.717) is 36.9 Å². The van der Waals surface area contributed by atoms with Crippen LogP contribution < -0.4 is 14.8 Å². The summed E-state index contributed by atoms with van der Waals surface area (Å²) < 4.78 is 11.3. The van der Waals surface area contributed by atoms with Crippen molar-refractivity contribution in [2.45, 2.75) is 45.6 Å². The molecule has 0 aliphatic carbocycles. The predicted molar refractivity (Wildman–Crippen MR) is 112 cm³/mol. The number of thiazole rings is 1. The van der Waals surface area contributed by atoms with Gasteiger partial charge in [0, 0.05) is 18.3 Å². The second kappa shape index (κ2) is 11.0. The molecule has 0 atom stereocenters.